The summed E-state index contributed by atoms with van der Waals surface area (Å²) in [4.78, 5) is 0. The minimum Gasteiger partial charge on any atom is -0.342 e. The van der Waals surface area contributed by atoms with Crippen molar-refractivity contribution in [2.75, 3.05) is 0 Å². The molecule has 0 amide bonds. The van der Waals surface area contributed by atoms with Gasteiger partial charge in [-0.1, -0.05) is 6.92 Å². The van der Waals surface area contributed by atoms with E-state index < -0.39 is 12.0 Å². The molecule has 2 radical (unpaired) electrons. The van der Waals surface area contributed by atoms with Crippen molar-refractivity contribution in [3.05, 3.63) is 0 Å². The minimum absolute atomic E-state index is 0. The molecule has 4 nitrogen and oxygen atoms in total. The van der Waals surface area contributed by atoms with Gasteiger partial charge in [0, 0.05) is 37.7 Å². The number of hydrogen-bond donors (Lipinski definition) is 4. The fraction of sp³-hybridized carbons (Fsp3) is 1.00. The van der Waals surface area contributed by atoms with Gasteiger partial charge >= 0.3 is 0 Å². The molecule has 0 aromatic rings. The van der Waals surface area contributed by atoms with E-state index in [0.717, 1.165) is 0 Å². The third-order valence-corrected chi connectivity index (χ3v) is 0.937. The molecule has 0 aromatic carbocycles. The summed E-state index contributed by atoms with van der Waals surface area (Å²) in [5.74, 6) is -2.71. The van der Waals surface area contributed by atoms with Crippen LogP contribution in [0.5, 0.6) is 0 Å². The van der Waals surface area contributed by atoms with Crippen LogP contribution in [0.2, 0.25) is 0 Å². The van der Waals surface area contributed by atoms with Crippen LogP contribution < -0.4 is 5.73 Å². The standard InChI is InChI=1S/C4H11NO3.Ca/c1-2-3(5)4(6,7)8;/h3,6-8H,2,5H2,1H3;. The van der Waals surface area contributed by atoms with Gasteiger partial charge in [0.2, 0.25) is 0 Å². The van der Waals surface area contributed by atoms with E-state index in [9.17, 15) is 0 Å². The Morgan fingerprint density at radius 1 is 1.44 bits per heavy atom. The Morgan fingerprint density at radius 2 is 1.78 bits per heavy atom. The smallest absolute Gasteiger partial charge is 0.291 e. The van der Waals surface area contributed by atoms with Crippen LogP contribution in [0.4, 0.5) is 0 Å². The maximum Gasteiger partial charge on any atom is 0.291 e. The Labute approximate surface area is 83.7 Å². The van der Waals surface area contributed by atoms with Crippen molar-refractivity contribution >= 4 is 37.7 Å². The summed E-state index contributed by atoms with van der Waals surface area (Å²) in [6.07, 6.45) is 0.323. The van der Waals surface area contributed by atoms with E-state index in [4.69, 9.17) is 21.1 Å². The predicted molar refractivity (Wildman–Crippen MR) is 33.4 cm³/mol. The van der Waals surface area contributed by atoms with Gasteiger partial charge in [-0.2, -0.15) is 0 Å². The van der Waals surface area contributed by atoms with Gasteiger partial charge in [-0.25, -0.2) is 0 Å². The molecular weight excluding hydrogens is 150 g/mol. The number of hydrogen-bond acceptors (Lipinski definition) is 4. The van der Waals surface area contributed by atoms with Gasteiger partial charge < -0.3 is 21.1 Å². The van der Waals surface area contributed by atoms with Crippen molar-refractivity contribution in [2.45, 2.75) is 25.4 Å². The van der Waals surface area contributed by atoms with Crippen LogP contribution in [-0.2, 0) is 0 Å². The molecule has 0 aliphatic carbocycles. The molecule has 5 N–H and O–H groups in total. The molecule has 0 aromatic heterocycles. The second-order valence-electron chi connectivity index (χ2n) is 1.70. The first-order valence-electron chi connectivity index (χ1n) is 2.41. The Bertz CT molecular complexity index is 72.7. The molecule has 0 spiro atoms. The topological polar surface area (TPSA) is 86.7 Å². The fourth-order valence-electron chi connectivity index (χ4n) is 0.274. The Kier molecular flexibility index (Phi) is 6.86. The summed E-state index contributed by atoms with van der Waals surface area (Å²) in [5.41, 5.74) is 5.00. The molecule has 52 valence electrons. The minimum atomic E-state index is -2.71. The van der Waals surface area contributed by atoms with Gasteiger partial charge in [0.1, 0.15) is 0 Å². The zero-order valence-corrected chi connectivity index (χ0v) is 7.62. The molecule has 0 rings (SSSR count). The summed E-state index contributed by atoms with van der Waals surface area (Å²) in [5, 5.41) is 24.8. The van der Waals surface area contributed by atoms with E-state index >= 15 is 0 Å². The van der Waals surface area contributed by atoms with E-state index in [0.29, 0.717) is 6.42 Å². The molecule has 0 aliphatic rings. The molecule has 5 heteroatoms. The van der Waals surface area contributed by atoms with Crippen LogP contribution in [0.1, 0.15) is 13.3 Å². The van der Waals surface area contributed by atoms with Crippen molar-refractivity contribution in [3.8, 4) is 0 Å². The summed E-state index contributed by atoms with van der Waals surface area (Å²) in [7, 11) is 0. The van der Waals surface area contributed by atoms with Crippen molar-refractivity contribution < 1.29 is 15.3 Å². The van der Waals surface area contributed by atoms with Gasteiger partial charge in [-0.3, -0.25) is 0 Å². The van der Waals surface area contributed by atoms with Crippen LogP contribution >= 0.6 is 0 Å². The molecular formula is C4H11CaNO3. The van der Waals surface area contributed by atoms with E-state index in [1.54, 1.807) is 6.92 Å². The largest absolute Gasteiger partial charge is 0.342 e. The normalized spacial score (nSPS) is 14.3. The molecule has 9 heavy (non-hydrogen) atoms. The van der Waals surface area contributed by atoms with Crippen LogP contribution in [0.15, 0.2) is 0 Å². The van der Waals surface area contributed by atoms with Gasteiger partial charge in [-0.05, 0) is 6.42 Å². The molecule has 0 bridgehead atoms. The van der Waals surface area contributed by atoms with Crippen LogP contribution in [0.25, 0.3) is 0 Å². The quantitative estimate of drug-likeness (QED) is 0.278. The first kappa shape index (κ1) is 12.7. The third kappa shape index (κ3) is 5.54. The fourth-order valence-corrected chi connectivity index (χ4v) is 0.274. The van der Waals surface area contributed by atoms with Gasteiger partial charge in [0.25, 0.3) is 5.97 Å². The summed E-state index contributed by atoms with van der Waals surface area (Å²) >= 11 is 0. The zero-order chi connectivity index (χ0) is 6.78. The molecule has 0 aliphatic heterocycles. The average molecular weight is 161 g/mol. The van der Waals surface area contributed by atoms with E-state index in [-0.39, 0.29) is 37.7 Å². The average Bonchev–Trinajstić information content (AvgIpc) is 1.62. The van der Waals surface area contributed by atoms with Crippen LogP contribution in [0.3, 0.4) is 0 Å². The first-order chi connectivity index (χ1) is 3.48. The maximum absolute atomic E-state index is 8.27. The first-order valence-corrected chi connectivity index (χ1v) is 2.41. The van der Waals surface area contributed by atoms with Crippen LogP contribution in [-0.4, -0.2) is 65.1 Å². The van der Waals surface area contributed by atoms with Crippen molar-refractivity contribution in [1.82, 2.24) is 0 Å². The molecule has 0 saturated heterocycles. The maximum atomic E-state index is 8.27. The SMILES string of the molecule is CCC(N)C(O)(O)O.[Ca]. The number of rotatable bonds is 2. The molecule has 0 saturated carbocycles. The molecule has 0 fully saturated rings. The predicted octanol–water partition coefficient (Wildman–Crippen LogP) is -2.03. The van der Waals surface area contributed by atoms with Crippen molar-refractivity contribution in [1.29, 1.82) is 0 Å². The second kappa shape index (κ2) is 4.85. The van der Waals surface area contributed by atoms with Crippen molar-refractivity contribution in [2.24, 2.45) is 5.73 Å². The van der Waals surface area contributed by atoms with E-state index in [1.807, 2.05) is 0 Å². The van der Waals surface area contributed by atoms with Gasteiger partial charge in [-0.15, -0.1) is 0 Å². The zero-order valence-electron chi connectivity index (χ0n) is 5.41. The van der Waals surface area contributed by atoms with Gasteiger partial charge in [0.05, 0.1) is 6.04 Å². The summed E-state index contributed by atoms with van der Waals surface area (Å²) < 4.78 is 0. The Hall–Kier alpha value is 1.10. The number of nitrogens with two attached hydrogens (primary N) is 1. The van der Waals surface area contributed by atoms with Gasteiger partial charge in [0.15, 0.2) is 0 Å². The Morgan fingerprint density at radius 3 is 1.78 bits per heavy atom. The Balaban J connectivity index is 0. The van der Waals surface area contributed by atoms with Crippen LogP contribution in [0, 0.1) is 0 Å². The summed E-state index contributed by atoms with van der Waals surface area (Å²) in [6, 6.07) is -0.984. The second-order valence-corrected chi connectivity index (χ2v) is 1.70. The van der Waals surface area contributed by atoms with Crippen molar-refractivity contribution in [3.63, 3.8) is 0 Å². The van der Waals surface area contributed by atoms with E-state index in [1.165, 1.54) is 0 Å². The molecule has 1 unspecified atom stereocenters. The summed E-state index contributed by atoms with van der Waals surface area (Å²) in [6.45, 7) is 1.64. The number of aliphatic hydroxyl groups is 3. The molecule has 0 heterocycles. The molecule has 1 atom stereocenters. The monoisotopic (exact) mass is 161 g/mol. The third-order valence-electron chi connectivity index (χ3n) is 0.937. The van der Waals surface area contributed by atoms with E-state index in [2.05, 4.69) is 0 Å².